The van der Waals surface area contributed by atoms with Gasteiger partial charge < -0.3 is 9.80 Å². The molecule has 2 fully saturated rings. The van der Waals surface area contributed by atoms with Crippen LogP contribution in [0.3, 0.4) is 0 Å². The Morgan fingerprint density at radius 1 is 1.14 bits per heavy atom. The van der Waals surface area contributed by atoms with E-state index in [0.29, 0.717) is 16.9 Å². The first-order chi connectivity index (χ1) is 13.3. The number of hydrogen-bond acceptors (Lipinski definition) is 4. The minimum absolute atomic E-state index is 0.0947. The summed E-state index contributed by atoms with van der Waals surface area (Å²) in [6, 6.07) is 1.85. The van der Waals surface area contributed by atoms with Crippen molar-refractivity contribution in [2.24, 2.45) is 17.3 Å². The molecule has 0 aliphatic carbocycles. The van der Waals surface area contributed by atoms with Crippen LogP contribution in [0.2, 0.25) is 0 Å². The van der Waals surface area contributed by atoms with Gasteiger partial charge in [-0.25, -0.2) is 9.97 Å². The number of aromatic nitrogens is 3. The Balaban J connectivity index is 1.37. The standard InChI is InChI=1S/C22H33N5O/c1-16-19(27-10-5-9-23-21(27)24-16)20(28)26-12-7-17(8-13-26)18-6-11-25(14-18)15-22(2,3)4/h5,9-10,17-18H,6-8,11-15H2,1-4H3/t18-/m1/s1. The lowest BCUT2D eigenvalue weighted by Gasteiger charge is -2.35. The summed E-state index contributed by atoms with van der Waals surface area (Å²) in [6.45, 7) is 14.2. The maximum Gasteiger partial charge on any atom is 0.272 e. The quantitative estimate of drug-likeness (QED) is 0.816. The zero-order valence-corrected chi connectivity index (χ0v) is 17.7. The van der Waals surface area contributed by atoms with Gasteiger partial charge in [0.05, 0.1) is 5.69 Å². The molecule has 152 valence electrons. The van der Waals surface area contributed by atoms with Gasteiger partial charge in [-0.3, -0.25) is 9.20 Å². The van der Waals surface area contributed by atoms with Gasteiger partial charge in [-0.1, -0.05) is 20.8 Å². The summed E-state index contributed by atoms with van der Waals surface area (Å²) in [7, 11) is 0. The summed E-state index contributed by atoms with van der Waals surface area (Å²) < 4.78 is 1.82. The molecule has 2 saturated heterocycles. The van der Waals surface area contributed by atoms with Gasteiger partial charge in [0.1, 0.15) is 5.69 Å². The van der Waals surface area contributed by atoms with Gasteiger partial charge in [0.15, 0.2) is 0 Å². The van der Waals surface area contributed by atoms with Crippen molar-refractivity contribution in [3.63, 3.8) is 0 Å². The molecular formula is C22H33N5O. The molecule has 4 heterocycles. The van der Waals surface area contributed by atoms with Crippen LogP contribution in [0.4, 0.5) is 0 Å². The Morgan fingerprint density at radius 3 is 2.57 bits per heavy atom. The van der Waals surface area contributed by atoms with Crippen LogP contribution in [-0.4, -0.2) is 62.8 Å². The highest BCUT2D eigenvalue weighted by Gasteiger charge is 2.34. The van der Waals surface area contributed by atoms with Crippen LogP contribution in [-0.2, 0) is 0 Å². The van der Waals surface area contributed by atoms with Crippen LogP contribution >= 0.6 is 0 Å². The Morgan fingerprint density at radius 2 is 1.86 bits per heavy atom. The van der Waals surface area contributed by atoms with Crippen LogP contribution in [0.25, 0.3) is 5.78 Å². The number of aryl methyl sites for hydroxylation is 1. The van der Waals surface area contributed by atoms with E-state index in [-0.39, 0.29) is 5.91 Å². The second-order valence-electron chi connectivity index (χ2n) is 9.81. The average Bonchev–Trinajstić information content (AvgIpc) is 3.23. The normalized spacial score (nSPS) is 22.3. The van der Waals surface area contributed by atoms with Crippen LogP contribution < -0.4 is 0 Å². The largest absolute Gasteiger partial charge is 0.337 e. The minimum Gasteiger partial charge on any atom is -0.337 e. The number of amides is 1. The molecule has 4 rings (SSSR count). The van der Waals surface area contributed by atoms with Crippen LogP contribution in [0.1, 0.15) is 56.2 Å². The fourth-order valence-electron chi connectivity index (χ4n) is 5.04. The number of nitrogens with zero attached hydrogens (tertiary/aromatic N) is 5. The first kappa shape index (κ1) is 19.4. The molecule has 0 radical (unpaired) electrons. The highest BCUT2D eigenvalue weighted by atomic mass is 16.2. The highest BCUT2D eigenvalue weighted by molar-refractivity contribution is 5.94. The molecular weight excluding hydrogens is 350 g/mol. The summed E-state index contributed by atoms with van der Waals surface area (Å²) in [5, 5.41) is 0. The first-order valence-electron chi connectivity index (χ1n) is 10.6. The van der Waals surface area contributed by atoms with Crippen LogP contribution in [0.5, 0.6) is 0 Å². The molecule has 0 aromatic carbocycles. The van der Waals surface area contributed by atoms with E-state index in [1.807, 2.05) is 28.5 Å². The summed E-state index contributed by atoms with van der Waals surface area (Å²) in [6.07, 6.45) is 7.14. The van der Waals surface area contributed by atoms with Crippen LogP contribution in [0.15, 0.2) is 18.5 Å². The molecule has 2 aromatic heterocycles. The lowest BCUT2D eigenvalue weighted by Crippen LogP contribution is -2.41. The third-order valence-electron chi connectivity index (χ3n) is 6.28. The van der Waals surface area contributed by atoms with Gasteiger partial charge in [0.25, 0.3) is 5.91 Å². The summed E-state index contributed by atoms with van der Waals surface area (Å²) in [5.74, 6) is 2.24. The number of hydrogen-bond donors (Lipinski definition) is 0. The fourth-order valence-corrected chi connectivity index (χ4v) is 5.04. The number of rotatable bonds is 3. The van der Waals surface area contributed by atoms with Gasteiger partial charge in [0.2, 0.25) is 5.78 Å². The maximum absolute atomic E-state index is 13.2. The van der Waals surface area contributed by atoms with Crippen molar-refractivity contribution in [1.82, 2.24) is 24.2 Å². The van der Waals surface area contributed by atoms with E-state index in [1.54, 1.807) is 6.20 Å². The molecule has 2 aliphatic rings. The number of piperidine rings is 1. The van der Waals surface area contributed by atoms with Gasteiger partial charge in [0, 0.05) is 38.6 Å². The first-order valence-corrected chi connectivity index (χ1v) is 10.6. The van der Waals surface area contributed by atoms with Crippen molar-refractivity contribution in [3.8, 4) is 0 Å². The lowest BCUT2D eigenvalue weighted by atomic mass is 9.83. The predicted octanol–water partition coefficient (Wildman–Crippen LogP) is 3.26. The van der Waals surface area contributed by atoms with Gasteiger partial charge in [-0.15, -0.1) is 0 Å². The fraction of sp³-hybridized carbons (Fsp3) is 0.682. The van der Waals surface area contributed by atoms with Crippen molar-refractivity contribution < 1.29 is 4.79 Å². The molecule has 2 aliphatic heterocycles. The molecule has 0 bridgehead atoms. The van der Waals surface area contributed by atoms with Crippen molar-refractivity contribution in [3.05, 3.63) is 29.8 Å². The Labute approximate surface area is 167 Å². The molecule has 0 saturated carbocycles. The predicted molar refractivity (Wildman–Crippen MR) is 110 cm³/mol. The summed E-state index contributed by atoms with van der Waals surface area (Å²) in [5.41, 5.74) is 1.80. The monoisotopic (exact) mass is 383 g/mol. The summed E-state index contributed by atoms with van der Waals surface area (Å²) in [4.78, 5) is 26.5. The van der Waals surface area contributed by atoms with E-state index in [2.05, 4.69) is 35.6 Å². The highest BCUT2D eigenvalue weighted by Crippen LogP contribution is 2.33. The molecule has 6 heteroatoms. The SMILES string of the molecule is Cc1nc2ncccn2c1C(=O)N1CCC([C@@H]2CCN(CC(C)(C)C)C2)CC1. The van der Waals surface area contributed by atoms with Gasteiger partial charge >= 0.3 is 0 Å². The molecule has 0 N–H and O–H groups in total. The molecule has 1 amide bonds. The topological polar surface area (TPSA) is 53.7 Å². The van der Waals surface area contributed by atoms with Crippen molar-refractivity contribution in [1.29, 1.82) is 0 Å². The molecule has 28 heavy (non-hydrogen) atoms. The van der Waals surface area contributed by atoms with E-state index >= 15 is 0 Å². The molecule has 2 aromatic rings. The zero-order chi connectivity index (χ0) is 19.9. The Kier molecular flexibility index (Phi) is 5.17. The number of carbonyl (C=O) groups is 1. The molecule has 0 spiro atoms. The summed E-state index contributed by atoms with van der Waals surface area (Å²) >= 11 is 0. The third kappa shape index (κ3) is 3.93. The smallest absolute Gasteiger partial charge is 0.272 e. The van der Waals surface area contributed by atoms with E-state index in [9.17, 15) is 4.79 Å². The zero-order valence-electron chi connectivity index (χ0n) is 17.7. The van der Waals surface area contributed by atoms with E-state index < -0.39 is 0 Å². The Bertz CT molecular complexity index is 844. The number of likely N-dealkylation sites (tertiary alicyclic amines) is 2. The third-order valence-corrected chi connectivity index (χ3v) is 6.28. The van der Waals surface area contributed by atoms with Gasteiger partial charge in [-0.2, -0.15) is 0 Å². The van der Waals surface area contributed by atoms with E-state index in [0.717, 1.165) is 43.5 Å². The van der Waals surface area contributed by atoms with Crippen molar-refractivity contribution in [2.45, 2.75) is 47.0 Å². The van der Waals surface area contributed by atoms with Crippen molar-refractivity contribution >= 4 is 11.7 Å². The van der Waals surface area contributed by atoms with Gasteiger partial charge in [-0.05, 0) is 56.0 Å². The van der Waals surface area contributed by atoms with E-state index in [1.165, 1.54) is 26.1 Å². The average molecular weight is 384 g/mol. The molecule has 6 nitrogen and oxygen atoms in total. The lowest BCUT2D eigenvalue weighted by molar-refractivity contribution is 0.0649. The van der Waals surface area contributed by atoms with Crippen LogP contribution in [0, 0.1) is 24.2 Å². The Hall–Kier alpha value is -1.95. The van der Waals surface area contributed by atoms with Crippen molar-refractivity contribution in [2.75, 3.05) is 32.7 Å². The number of carbonyl (C=O) groups excluding carboxylic acids is 1. The number of fused-ring (bicyclic) bond motifs is 1. The number of imidazole rings is 1. The second kappa shape index (κ2) is 7.47. The second-order valence-corrected chi connectivity index (χ2v) is 9.81. The molecule has 0 unspecified atom stereocenters. The van der Waals surface area contributed by atoms with E-state index in [4.69, 9.17) is 0 Å². The maximum atomic E-state index is 13.2. The minimum atomic E-state index is 0.0947. The molecule has 1 atom stereocenters.